The number of carbonyl (C=O) groups excluding carboxylic acids is 2. The minimum absolute atomic E-state index is 0.00299. The van der Waals surface area contributed by atoms with E-state index in [-0.39, 0.29) is 11.7 Å². The molecule has 26 heavy (non-hydrogen) atoms. The van der Waals surface area contributed by atoms with Crippen molar-refractivity contribution in [2.75, 3.05) is 7.05 Å². The number of thiazole rings is 1. The Morgan fingerprint density at radius 1 is 1.27 bits per heavy atom. The minimum Gasteiger partial charge on any atom is -0.468 e. The van der Waals surface area contributed by atoms with Gasteiger partial charge in [0.25, 0.3) is 5.91 Å². The van der Waals surface area contributed by atoms with E-state index in [4.69, 9.17) is 4.42 Å². The quantitative estimate of drug-likeness (QED) is 0.694. The molecule has 0 fully saturated rings. The zero-order valence-corrected chi connectivity index (χ0v) is 15.2. The molecule has 0 saturated heterocycles. The van der Waals surface area contributed by atoms with E-state index in [9.17, 15) is 9.59 Å². The Morgan fingerprint density at radius 3 is 2.88 bits per heavy atom. The number of hydrogen-bond donors (Lipinski definition) is 0. The predicted octanol–water partition coefficient (Wildman–Crippen LogP) is 4.19. The maximum atomic E-state index is 12.8. The lowest BCUT2D eigenvalue weighted by molar-refractivity contribution is 0.0777. The molecule has 1 aliphatic carbocycles. The van der Waals surface area contributed by atoms with Crippen molar-refractivity contribution in [2.45, 2.75) is 25.8 Å². The molecule has 4 rings (SSSR count). The van der Waals surface area contributed by atoms with E-state index in [2.05, 4.69) is 4.98 Å². The maximum Gasteiger partial charge on any atom is 0.257 e. The van der Waals surface area contributed by atoms with Crippen LogP contribution >= 0.6 is 11.3 Å². The maximum absolute atomic E-state index is 12.8. The van der Waals surface area contributed by atoms with Gasteiger partial charge in [0, 0.05) is 30.8 Å². The number of hydrogen-bond acceptors (Lipinski definition) is 5. The van der Waals surface area contributed by atoms with Crippen molar-refractivity contribution in [1.82, 2.24) is 9.88 Å². The largest absolute Gasteiger partial charge is 0.468 e. The average molecular weight is 366 g/mol. The Kier molecular flexibility index (Phi) is 4.42. The molecule has 0 bridgehead atoms. The van der Waals surface area contributed by atoms with Crippen LogP contribution in [-0.2, 0) is 13.0 Å². The number of rotatable bonds is 4. The van der Waals surface area contributed by atoms with Crippen molar-refractivity contribution >= 4 is 23.0 Å². The van der Waals surface area contributed by atoms with Gasteiger partial charge in [-0.25, -0.2) is 4.98 Å². The molecule has 5 nitrogen and oxygen atoms in total. The normalized spacial score (nSPS) is 13.5. The first-order valence-electron chi connectivity index (χ1n) is 8.52. The summed E-state index contributed by atoms with van der Waals surface area (Å²) in [6, 6.07) is 9.95. The number of benzene rings is 1. The Balaban J connectivity index is 1.51. The zero-order valence-electron chi connectivity index (χ0n) is 14.4. The molecule has 1 amide bonds. The number of amides is 1. The van der Waals surface area contributed by atoms with Gasteiger partial charge < -0.3 is 9.32 Å². The number of aromatic nitrogens is 1. The van der Waals surface area contributed by atoms with Crippen molar-refractivity contribution in [3.8, 4) is 10.6 Å². The fourth-order valence-corrected chi connectivity index (χ4v) is 4.01. The van der Waals surface area contributed by atoms with Crippen molar-refractivity contribution in [3.63, 3.8) is 0 Å². The van der Waals surface area contributed by atoms with Crippen molar-refractivity contribution < 1.29 is 14.0 Å². The van der Waals surface area contributed by atoms with Crippen LogP contribution in [0.5, 0.6) is 0 Å². The highest BCUT2D eigenvalue weighted by Crippen LogP contribution is 2.28. The topological polar surface area (TPSA) is 63.4 Å². The van der Waals surface area contributed by atoms with Crippen molar-refractivity contribution in [1.29, 1.82) is 0 Å². The van der Waals surface area contributed by atoms with E-state index < -0.39 is 0 Å². The molecule has 0 unspecified atom stereocenters. The molecule has 0 N–H and O–H groups in total. The van der Waals surface area contributed by atoms with Gasteiger partial charge in [0.1, 0.15) is 17.0 Å². The lowest BCUT2D eigenvalue weighted by Gasteiger charge is -2.16. The van der Waals surface area contributed by atoms with Crippen LogP contribution in [0.1, 0.15) is 45.0 Å². The molecule has 1 aromatic carbocycles. The van der Waals surface area contributed by atoms with E-state index in [1.807, 2.05) is 35.7 Å². The number of nitrogens with zero attached hydrogens (tertiary/aromatic N) is 2. The summed E-state index contributed by atoms with van der Waals surface area (Å²) < 4.78 is 5.46. The van der Waals surface area contributed by atoms with Gasteiger partial charge in [0.15, 0.2) is 5.78 Å². The average Bonchev–Trinajstić information content (AvgIpc) is 3.29. The first kappa shape index (κ1) is 16.7. The summed E-state index contributed by atoms with van der Waals surface area (Å²) in [5.41, 5.74) is 2.72. The summed E-state index contributed by atoms with van der Waals surface area (Å²) in [5, 5.41) is 2.89. The van der Waals surface area contributed by atoms with Crippen LogP contribution < -0.4 is 0 Å². The summed E-state index contributed by atoms with van der Waals surface area (Å²) in [6.45, 7) is 0.385. The van der Waals surface area contributed by atoms with Gasteiger partial charge in [-0.15, -0.1) is 11.3 Å². The van der Waals surface area contributed by atoms with Gasteiger partial charge >= 0.3 is 0 Å². The van der Waals surface area contributed by atoms with E-state index in [1.165, 1.54) is 6.26 Å². The first-order chi connectivity index (χ1) is 12.6. The van der Waals surface area contributed by atoms with Crippen LogP contribution in [0.25, 0.3) is 10.6 Å². The molecule has 2 aromatic heterocycles. The second-order valence-electron chi connectivity index (χ2n) is 6.40. The van der Waals surface area contributed by atoms with Gasteiger partial charge in [0.2, 0.25) is 0 Å². The minimum atomic E-state index is -0.209. The van der Waals surface area contributed by atoms with Crippen LogP contribution in [0, 0.1) is 0 Å². The smallest absolute Gasteiger partial charge is 0.257 e. The molecule has 0 radical (unpaired) electrons. The Labute approximate surface area is 155 Å². The van der Waals surface area contributed by atoms with Gasteiger partial charge in [0.05, 0.1) is 23.4 Å². The highest BCUT2D eigenvalue weighted by atomic mass is 32.1. The van der Waals surface area contributed by atoms with E-state index in [0.717, 1.165) is 22.7 Å². The standard InChI is InChI=1S/C20H18N2O3S/c1-22(10-14-12-26-19(21-14)13-6-3-2-4-7-13)20(24)15-11-25-17-9-5-8-16(23)18(15)17/h2-4,6-7,11-12H,5,8-10H2,1H3. The van der Waals surface area contributed by atoms with E-state index in [0.29, 0.717) is 36.3 Å². The number of Topliss-reactive ketones (excluding diaryl/α,β-unsaturated/α-hetero) is 1. The summed E-state index contributed by atoms with van der Waals surface area (Å²) in [5.74, 6) is 0.425. The third-order valence-electron chi connectivity index (χ3n) is 4.50. The monoisotopic (exact) mass is 366 g/mol. The van der Waals surface area contributed by atoms with Crippen LogP contribution in [0.2, 0.25) is 0 Å². The Hall–Kier alpha value is -2.73. The summed E-state index contributed by atoms with van der Waals surface area (Å²) in [4.78, 5) is 31.2. The molecule has 6 heteroatoms. The molecule has 0 atom stereocenters. The number of aryl methyl sites for hydroxylation is 1. The lowest BCUT2D eigenvalue weighted by atomic mass is 9.94. The fraction of sp³-hybridized carbons (Fsp3) is 0.250. The fourth-order valence-electron chi connectivity index (χ4n) is 3.19. The molecule has 0 saturated carbocycles. The van der Waals surface area contributed by atoms with Gasteiger partial charge in [-0.2, -0.15) is 0 Å². The van der Waals surface area contributed by atoms with E-state index in [1.54, 1.807) is 23.3 Å². The highest BCUT2D eigenvalue weighted by molar-refractivity contribution is 7.13. The third-order valence-corrected chi connectivity index (χ3v) is 5.44. The van der Waals surface area contributed by atoms with Gasteiger partial charge in [-0.1, -0.05) is 30.3 Å². The SMILES string of the molecule is CN(Cc1csc(-c2ccccc2)n1)C(=O)c1coc2c1C(=O)CCC2. The molecule has 3 aromatic rings. The lowest BCUT2D eigenvalue weighted by Crippen LogP contribution is -2.28. The second-order valence-corrected chi connectivity index (χ2v) is 7.25. The Morgan fingerprint density at radius 2 is 2.08 bits per heavy atom. The van der Waals surface area contributed by atoms with Crippen LogP contribution in [0.4, 0.5) is 0 Å². The summed E-state index contributed by atoms with van der Waals surface area (Å²) in [6.07, 6.45) is 3.39. The molecule has 1 aliphatic rings. The number of fused-ring (bicyclic) bond motifs is 1. The molecule has 0 spiro atoms. The number of furan rings is 1. The summed E-state index contributed by atoms with van der Waals surface area (Å²) in [7, 11) is 1.72. The molecular weight excluding hydrogens is 348 g/mol. The molecule has 0 aliphatic heterocycles. The highest BCUT2D eigenvalue weighted by Gasteiger charge is 2.29. The number of ketones is 1. The summed E-state index contributed by atoms with van der Waals surface area (Å²) >= 11 is 1.56. The van der Waals surface area contributed by atoms with E-state index >= 15 is 0 Å². The molecule has 132 valence electrons. The zero-order chi connectivity index (χ0) is 18.1. The third kappa shape index (κ3) is 3.08. The second kappa shape index (κ2) is 6.88. The van der Waals surface area contributed by atoms with Crippen LogP contribution in [0.3, 0.4) is 0 Å². The Bertz CT molecular complexity index is 959. The molecule has 2 heterocycles. The number of carbonyl (C=O) groups is 2. The predicted molar refractivity (Wildman–Crippen MR) is 99.3 cm³/mol. The van der Waals surface area contributed by atoms with Crippen LogP contribution in [-0.4, -0.2) is 28.6 Å². The van der Waals surface area contributed by atoms with Gasteiger partial charge in [-0.3, -0.25) is 9.59 Å². The first-order valence-corrected chi connectivity index (χ1v) is 9.40. The van der Waals surface area contributed by atoms with Crippen molar-refractivity contribution in [3.05, 3.63) is 64.6 Å². The van der Waals surface area contributed by atoms with Gasteiger partial charge in [-0.05, 0) is 6.42 Å². The van der Waals surface area contributed by atoms with Crippen molar-refractivity contribution in [2.24, 2.45) is 0 Å². The molecular formula is C20H18N2O3S. The van der Waals surface area contributed by atoms with Crippen LogP contribution in [0.15, 0.2) is 46.4 Å².